The van der Waals surface area contributed by atoms with Crippen LogP contribution in [-0.4, -0.2) is 62.5 Å². The lowest BCUT2D eigenvalue weighted by molar-refractivity contribution is -0.383. The first kappa shape index (κ1) is 24.5. The second kappa shape index (κ2) is 10.8. The van der Waals surface area contributed by atoms with E-state index in [0.717, 1.165) is 32.7 Å². The van der Waals surface area contributed by atoms with Crippen molar-refractivity contribution < 1.29 is 13.3 Å². The molecular formula is C16H23Cl2N5O4S. The summed E-state index contributed by atoms with van der Waals surface area (Å²) in [6.07, 6.45) is 2.12. The third kappa shape index (κ3) is 5.72. The molecule has 28 heavy (non-hydrogen) atoms. The van der Waals surface area contributed by atoms with Crippen molar-refractivity contribution in [1.82, 2.24) is 19.9 Å². The fourth-order valence-corrected chi connectivity index (χ4v) is 4.26. The number of hydrogen-bond acceptors (Lipinski definition) is 7. The standard InChI is InChI=1S/C16H21N5O4S.2ClH/c22-21(23)14-4-5-15(16-13(14)3-1-6-18-16)26(24,25)19-7-2-10-20-11-8-17-9-12-20;;/h1,3-6,17,19H,2,7-12H2;2*1H. The van der Waals surface area contributed by atoms with Crippen LogP contribution in [0.1, 0.15) is 6.42 Å². The molecule has 0 bridgehead atoms. The number of piperazine rings is 1. The van der Waals surface area contributed by atoms with Crippen molar-refractivity contribution in [3.8, 4) is 0 Å². The zero-order valence-electron chi connectivity index (χ0n) is 15.0. The van der Waals surface area contributed by atoms with Crippen LogP contribution in [0.5, 0.6) is 0 Å². The second-order valence-electron chi connectivity index (χ2n) is 6.08. The highest BCUT2D eigenvalue weighted by Crippen LogP contribution is 2.29. The van der Waals surface area contributed by atoms with E-state index >= 15 is 0 Å². The summed E-state index contributed by atoms with van der Waals surface area (Å²) in [6.45, 7) is 4.95. The van der Waals surface area contributed by atoms with Crippen LogP contribution in [0.15, 0.2) is 35.4 Å². The van der Waals surface area contributed by atoms with Gasteiger partial charge in [0, 0.05) is 45.0 Å². The number of nitrogens with one attached hydrogen (secondary N) is 2. The number of nitrogens with zero attached hydrogens (tertiary/aromatic N) is 3. The first-order chi connectivity index (χ1) is 12.5. The van der Waals surface area contributed by atoms with E-state index in [1.807, 2.05) is 0 Å². The number of rotatable bonds is 7. The summed E-state index contributed by atoms with van der Waals surface area (Å²) < 4.78 is 27.8. The molecule has 0 radical (unpaired) electrons. The predicted octanol–water partition coefficient (Wildman–Crippen LogP) is 1.56. The van der Waals surface area contributed by atoms with E-state index in [1.165, 1.54) is 24.4 Å². The average Bonchev–Trinajstić information content (AvgIpc) is 2.65. The lowest BCUT2D eigenvalue weighted by atomic mass is 10.2. The molecule has 0 amide bonds. The van der Waals surface area contributed by atoms with E-state index in [2.05, 4.69) is 19.9 Å². The Balaban J connectivity index is 0.00000196. The minimum absolute atomic E-state index is 0. The van der Waals surface area contributed by atoms with Crippen LogP contribution < -0.4 is 10.0 Å². The van der Waals surface area contributed by atoms with Gasteiger partial charge in [-0.25, -0.2) is 13.1 Å². The summed E-state index contributed by atoms with van der Waals surface area (Å²) in [6, 6.07) is 5.50. The summed E-state index contributed by atoms with van der Waals surface area (Å²) in [5, 5.41) is 14.6. The Labute approximate surface area is 175 Å². The minimum Gasteiger partial charge on any atom is -0.314 e. The number of pyridine rings is 1. The zero-order valence-corrected chi connectivity index (χ0v) is 17.5. The Morgan fingerprint density at radius 2 is 1.93 bits per heavy atom. The van der Waals surface area contributed by atoms with E-state index in [0.29, 0.717) is 13.0 Å². The molecule has 9 nitrogen and oxygen atoms in total. The number of nitro groups is 1. The molecule has 0 unspecified atom stereocenters. The van der Waals surface area contributed by atoms with E-state index in [9.17, 15) is 18.5 Å². The SMILES string of the molecule is Cl.Cl.O=[N+]([O-])c1ccc(S(=O)(=O)NCCCN2CCNCC2)c2ncccc12. The summed E-state index contributed by atoms with van der Waals surface area (Å²) in [5.74, 6) is 0. The average molecular weight is 452 g/mol. The van der Waals surface area contributed by atoms with Crippen molar-refractivity contribution in [3.63, 3.8) is 0 Å². The number of hydrogen-bond donors (Lipinski definition) is 2. The highest BCUT2D eigenvalue weighted by molar-refractivity contribution is 7.89. The van der Waals surface area contributed by atoms with Crippen molar-refractivity contribution >= 4 is 51.4 Å². The molecule has 1 aromatic carbocycles. The lowest BCUT2D eigenvalue weighted by Crippen LogP contribution is -2.44. The molecule has 1 aliphatic heterocycles. The van der Waals surface area contributed by atoms with Gasteiger partial charge >= 0.3 is 0 Å². The summed E-state index contributed by atoms with van der Waals surface area (Å²) in [5.41, 5.74) is -0.0536. The van der Waals surface area contributed by atoms with Gasteiger partial charge in [-0.15, -0.1) is 24.8 Å². The molecule has 3 rings (SSSR count). The minimum atomic E-state index is -3.80. The molecule has 156 valence electrons. The number of sulfonamides is 1. The van der Waals surface area contributed by atoms with Gasteiger partial charge in [0.25, 0.3) is 5.69 Å². The number of halogens is 2. The summed E-state index contributed by atoms with van der Waals surface area (Å²) in [7, 11) is -3.80. The maximum atomic E-state index is 12.6. The van der Waals surface area contributed by atoms with Crippen molar-refractivity contribution in [3.05, 3.63) is 40.6 Å². The summed E-state index contributed by atoms with van der Waals surface area (Å²) in [4.78, 5) is 16.9. The van der Waals surface area contributed by atoms with Crippen LogP contribution in [0, 0.1) is 10.1 Å². The van der Waals surface area contributed by atoms with Crippen LogP contribution in [0.4, 0.5) is 5.69 Å². The van der Waals surface area contributed by atoms with Crippen molar-refractivity contribution in [2.24, 2.45) is 0 Å². The fraction of sp³-hybridized carbons (Fsp3) is 0.438. The van der Waals surface area contributed by atoms with Gasteiger partial charge in [0.2, 0.25) is 10.0 Å². The molecule has 2 aromatic rings. The molecule has 12 heteroatoms. The van der Waals surface area contributed by atoms with Crippen LogP contribution in [0.25, 0.3) is 10.9 Å². The van der Waals surface area contributed by atoms with Crippen molar-refractivity contribution in [2.45, 2.75) is 11.3 Å². The molecule has 1 aliphatic rings. The quantitative estimate of drug-likeness (QED) is 0.372. The number of fused-ring (bicyclic) bond motifs is 1. The third-order valence-corrected chi connectivity index (χ3v) is 5.84. The van der Waals surface area contributed by atoms with E-state index in [1.54, 1.807) is 6.07 Å². The first-order valence-electron chi connectivity index (χ1n) is 8.44. The van der Waals surface area contributed by atoms with Crippen LogP contribution >= 0.6 is 24.8 Å². The largest absolute Gasteiger partial charge is 0.314 e. The van der Waals surface area contributed by atoms with Gasteiger partial charge in [-0.2, -0.15) is 0 Å². The van der Waals surface area contributed by atoms with Crippen LogP contribution in [0.2, 0.25) is 0 Å². The Morgan fingerprint density at radius 1 is 1.21 bits per heavy atom. The normalized spacial score (nSPS) is 14.9. The first-order valence-corrected chi connectivity index (χ1v) is 9.92. The molecule has 1 fully saturated rings. The van der Waals surface area contributed by atoms with Gasteiger partial charge in [0.1, 0.15) is 4.90 Å². The predicted molar refractivity (Wildman–Crippen MR) is 112 cm³/mol. The molecule has 0 saturated carbocycles. The number of non-ortho nitro benzene ring substituents is 1. The Kier molecular flexibility index (Phi) is 9.48. The maximum Gasteiger partial charge on any atom is 0.278 e. The lowest BCUT2D eigenvalue weighted by Gasteiger charge is -2.27. The highest BCUT2D eigenvalue weighted by atomic mass is 35.5. The zero-order chi connectivity index (χ0) is 18.6. The molecular weight excluding hydrogens is 429 g/mol. The highest BCUT2D eigenvalue weighted by Gasteiger charge is 2.22. The van der Waals surface area contributed by atoms with Gasteiger partial charge in [0.15, 0.2) is 0 Å². The van der Waals surface area contributed by atoms with Crippen LogP contribution in [-0.2, 0) is 10.0 Å². The molecule has 0 atom stereocenters. The van der Waals surface area contributed by atoms with Gasteiger partial charge in [-0.1, -0.05) is 0 Å². The monoisotopic (exact) mass is 451 g/mol. The number of aromatic nitrogens is 1. The third-order valence-electron chi connectivity index (χ3n) is 4.35. The topological polar surface area (TPSA) is 117 Å². The number of nitro benzene ring substituents is 1. The van der Waals surface area contributed by atoms with Gasteiger partial charge < -0.3 is 10.2 Å². The fourth-order valence-electron chi connectivity index (χ4n) is 3.03. The molecule has 0 spiro atoms. The Hall–Kier alpha value is -1.56. The number of benzene rings is 1. The molecule has 2 N–H and O–H groups in total. The van der Waals surface area contributed by atoms with Gasteiger partial charge in [-0.05, 0) is 31.2 Å². The van der Waals surface area contributed by atoms with Crippen LogP contribution in [0.3, 0.4) is 0 Å². The van der Waals surface area contributed by atoms with Gasteiger partial charge in [-0.3, -0.25) is 15.1 Å². The Morgan fingerprint density at radius 3 is 2.61 bits per heavy atom. The molecule has 1 saturated heterocycles. The van der Waals surface area contributed by atoms with Crippen molar-refractivity contribution in [1.29, 1.82) is 0 Å². The smallest absolute Gasteiger partial charge is 0.278 e. The van der Waals surface area contributed by atoms with E-state index < -0.39 is 14.9 Å². The maximum absolute atomic E-state index is 12.6. The summed E-state index contributed by atoms with van der Waals surface area (Å²) >= 11 is 0. The van der Waals surface area contributed by atoms with Gasteiger partial charge in [0.05, 0.1) is 15.8 Å². The molecule has 2 heterocycles. The molecule has 0 aliphatic carbocycles. The molecule has 1 aromatic heterocycles. The Bertz CT molecular complexity index is 907. The second-order valence-corrected chi connectivity index (χ2v) is 7.82. The van der Waals surface area contributed by atoms with Crippen molar-refractivity contribution in [2.75, 3.05) is 39.3 Å². The van der Waals surface area contributed by atoms with E-state index in [4.69, 9.17) is 0 Å². The van der Waals surface area contributed by atoms with E-state index in [-0.39, 0.29) is 46.3 Å².